The molecule has 24 heavy (non-hydrogen) atoms. The maximum atomic E-state index is 8.77. The zero-order chi connectivity index (χ0) is 16.9. The molecule has 2 aliphatic carbocycles. The van der Waals surface area contributed by atoms with Crippen LogP contribution in [0.1, 0.15) is 109 Å². The van der Waals surface area contributed by atoms with Gasteiger partial charge in [0.05, 0.1) is 0 Å². The van der Waals surface area contributed by atoms with Crippen LogP contribution in [0.2, 0.25) is 0 Å². The molecule has 2 aliphatic rings. The molecule has 2 nitrogen and oxygen atoms in total. The molecular weight excluding hydrogens is 292 g/mol. The van der Waals surface area contributed by atoms with Gasteiger partial charge in [-0.15, -0.1) is 0 Å². The summed E-state index contributed by atoms with van der Waals surface area (Å²) >= 11 is 0. The average Bonchev–Trinajstić information content (AvgIpc) is 2.70. The third-order valence-electron chi connectivity index (χ3n) is 5.46. The molecule has 1 N–H and O–H groups in total. The molecular formula is C22H38N2. The number of nitrogens with zero attached hydrogens (tertiary/aromatic N) is 1. The van der Waals surface area contributed by atoms with Gasteiger partial charge in [-0.2, -0.15) is 0 Å². The van der Waals surface area contributed by atoms with Crippen molar-refractivity contribution >= 4 is 5.71 Å². The quantitative estimate of drug-likeness (QED) is 0.270. The molecule has 0 atom stereocenters. The first-order valence-electron chi connectivity index (χ1n) is 10.6. The van der Waals surface area contributed by atoms with Crippen LogP contribution in [-0.4, -0.2) is 10.4 Å². The minimum atomic E-state index is 1.10. The monoisotopic (exact) mass is 330 g/mol. The fraction of sp³-hybridized carbons (Fsp3) is 0.773. The summed E-state index contributed by atoms with van der Waals surface area (Å²) in [5.41, 5.74) is 2.66. The van der Waals surface area contributed by atoms with E-state index < -0.39 is 0 Å². The van der Waals surface area contributed by atoms with Crippen LogP contribution in [0.3, 0.4) is 0 Å². The lowest BCUT2D eigenvalue weighted by Crippen LogP contribution is -2.15. The zero-order valence-electron chi connectivity index (χ0n) is 15.7. The van der Waals surface area contributed by atoms with E-state index in [1.54, 1.807) is 0 Å². The van der Waals surface area contributed by atoms with Gasteiger partial charge in [-0.05, 0) is 57.4 Å². The van der Waals surface area contributed by atoms with Crippen molar-refractivity contribution in [2.75, 3.05) is 0 Å². The van der Waals surface area contributed by atoms with E-state index in [1.807, 2.05) is 4.68 Å². The molecule has 0 saturated heterocycles. The second-order valence-electron chi connectivity index (χ2n) is 7.57. The second-order valence-corrected chi connectivity index (χ2v) is 7.57. The van der Waals surface area contributed by atoms with Crippen molar-refractivity contribution in [3.8, 4) is 0 Å². The fourth-order valence-corrected chi connectivity index (χ4v) is 3.89. The minimum absolute atomic E-state index is 1.10. The summed E-state index contributed by atoms with van der Waals surface area (Å²) in [6, 6.07) is 0. The Morgan fingerprint density at radius 1 is 0.583 bits per heavy atom. The minimum Gasteiger partial charge on any atom is -0.449 e. The molecule has 2 heteroatoms. The van der Waals surface area contributed by atoms with E-state index in [9.17, 15) is 0 Å². The predicted octanol–water partition coefficient (Wildman–Crippen LogP) is 7.51. The van der Waals surface area contributed by atoms with E-state index in [1.165, 1.54) is 101 Å². The highest BCUT2D eigenvalue weighted by Crippen LogP contribution is 2.20. The van der Waals surface area contributed by atoms with Gasteiger partial charge >= 0.3 is 0 Å². The van der Waals surface area contributed by atoms with Crippen molar-refractivity contribution in [2.45, 2.75) is 109 Å². The molecule has 136 valence electrons. The van der Waals surface area contributed by atoms with Gasteiger partial charge in [0.25, 0.3) is 0 Å². The van der Waals surface area contributed by atoms with Crippen LogP contribution >= 0.6 is 0 Å². The topological polar surface area (TPSA) is 26.8 Å². The molecule has 2 rings (SSSR count). The highest BCUT2D eigenvalue weighted by Gasteiger charge is 2.14. The van der Waals surface area contributed by atoms with E-state index in [0.29, 0.717) is 0 Å². The molecule has 0 bridgehead atoms. The van der Waals surface area contributed by atoms with Gasteiger partial charge in [0, 0.05) is 19.3 Å². The first kappa shape index (κ1) is 19.3. The second kappa shape index (κ2) is 12.3. The molecule has 0 amide bonds. The predicted molar refractivity (Wildman–Crippen MR) is 105 cm³/mol. The van der Waals surface area contributed by atoms with Crippen LogP contribution < -0.4 is 0 Å². The van der Waals surface area contributed by atoms with E-state index in [0.717, 1.165) is 19.3 Å². The summed E-state index contributed by atoms with van der Waals surface area (Å²) in [6.07, 6.45) is 28.5. The Kier molecular flexibility index (Phi) is 9.91. The molecule has 0 radical (unpaired) electrons. The van der Waals surface area contributed by atoms with Crippen LogP contribution in [0.4, 0.5) is 0 Å². The van der Waals surface area contributed by atoms with E-state index >= 15 is 0 Å². The molecule has 0 spiro atoms. The summed E-state index contributed by atoms with van der Waals surface area (Å²) < 4.78 is 1.86. The molecule has 0 unspecified atom stereocenters. The van der Waals surface area contributed by atoms with Crippen LogP contribution in [0.25, 0.3) is 5.84 Å². The number of hydrogen-bond donors (Lipinski definition) is 0. The first-order valence-corrected chi connectivity index (χ1v) is 10.6. The van der Waals surface area contributed by atoms with Crippen LogP contribution in [0.5, 0.6) is 0 Å². The van der Waals surface area contributed by atoms with E-state index in [4.69, 9.17) is 5.84 Å². The summed E-state index contributed by atoms with van der Waals surface area (Å²) in [7, 11) is 0. The van der Waals surface area contributed by atoms with Gasteiger partial charge in [-0.25, -0.2) is 4.68 Å². The average molecular weight is 331 g/mol. The lowest BCUT2D eigenvalue weighted by atomic mass is 10.0. The number of rotatable bonds is 1. The van der Waals surface area contributed by atoms with Gasteiger partial charge in [0.15, 0.2) is 11.4 Å². The van der Waals surface area contributed by atoms with Gasteiger partial charge < -0.3 is 5.84 Å². The van der Waals surface area contributed by atoms with Crippen molar-refractivity contribution in [2.24, 2.45) is 0 Å². The summed E-state index contributed by atoms with van der Waals surface area (Å²) in [6.45, 7) is 0. The largest absolute Gasteiger partial charge is 0.449 e. The Morgan fingerprint density at radius 3 is 1.96 bits per heavy atom. The van der Waals surface area contributed by atoms with Crippen LogP contribution in [0.15, 0.2) is 23.9 Å². The summed E-state index contributed by atoms with van der Waals surface area (Å²) in [5.74, 6) is 8.77. The van der Waals surface area contributed by atoms with Crippen molar-refractivity contribution in [1.29, 1.82) is 0 Å². The van der Waals surface area contributed by atoms with Crippen molar-refractivity contribution in [3.05, 3.63) is 29.8 Å². The van der Waals surface area contributed by atoms with Crippen molar-refractivity contribution < 1.29 is 4.68 Å². The Hall–Kier alpha value is -1.05. The van der Waals surface area contributed by atoms with E-state index in [-0.39, 0.29) is 0 Å². The Morgan fingerprint density at radius 2 is 1.12 bits per heavy atom. The van der Waals surface area contributed by atoms with E-state index in [2.05, 4.69) is 18.2 Å². The van der Waals surface area contributed by atoms with Gasteiger partial charge in [0.2, 0.25) is 0 Å². The normalized spacial score (nSPS) is 25.1. The Bertz CT molecular complexity index is 431. The SMILES string of the molecule is [NH-][N+](C1=CCCCCCCCCC1)=C1CCCC=CCCCCC1. The molecule has 0 fully saturated rings. The van der Waals surface area contributed by atoms with Crippen molar-refractivity contribution in [1.82, 2.24) is 0 Å². The van der Waals surface area contributed by atoms with Gasteiger partial charge in [-0.3, -0.25) is 0 Å². The first-order chi connectivity index (χ1) is 11.9. The highest BCUT2D eigenvalue weighted by molar-refractivity contribution is 5.80. The molecule has 0 aliphatic heterocycles. The standard InChI is InChI=1S/C22H38N2/c23-24(21-17-13-9-5-1-2-6-10-14-18-21)22-19-15-11-7-3-4-8-12-16-20-22/h1,5,19,23H,2-4,6-18,20H2. The molecule has 0 aromatic carbocycles. The third kappa shape index (κ3) is 7.68. The lowest BCUT2D eigenvalue weighted by molar-refractivity contribution is -0.408. The Balaban J connectivity index is 2.05. The Labute approximate surface area is 149 Å². The maximum Gasteiger partial charge on any atom is 0.172 e. The maximum absolute atomic E-state index is 8.77. The smallest absolute Gasteiger partial charge is 0.172 e. The third-order valence-corrected chi connectivity index (χ3v) is 5.46. The van der Waals surface area contributed by atoms with Crippen LogP contribution in [0, 0.1) is 0 Å². The number of nitrogens with one attached hydrogen (secondary N) is 1. The molecule has 0 heterocycles. The summed E-state index contributed by atoms with van der Waals surface area (Å²) in [5, 5.41) is 0. The molecule has 0 aromatic heterocycles. The summed E-state index contributed by atoms with van der Waals surface area (Å²) in [4.78, 5) is 0. The number of hydrogen-bond acceptors (Lipinski definition) is 0. The highest BCUT2D eigenvalue weighted by atomic mass is 15.3. The van der Waals surface area contributed by atoms with Gasteiger partial charge in [0.1, 0.15) is 0 Å². The van der Waals surface area contributed by atoms with Gasteiger partial charge in [-0.1, -0.05) is 50.7 Å². The zero-order valence-corrected chi connectivity index (χ0v) is 15.7. The number of allylic oxidation sites excluding steroid dienone is 4. The van der Waals surface area contributed by atoms with Crippen molar-refractivity contribution in [3.63, 3.8) is 0 Å². The van der Waals surface area contributed by atoms with Crippen LogP contribution in [-0.2, 0) is 0 Å². The molecule has 0 saturated carbocycles. The lowest BCUT2D eigenvalue weighted by Gasteiger charge is -2.14. The molecule has 0 aromatic rings. The fourth-order valence-electron chi connectivity index (χ4n) is 3.89.